The van der Waals surface area contributed by atoms with E-state index in [2.05, 4.69) is 32.5 Å². The molecule has 2 aromatic rings. The van der Waals surface area contributed by atoms with Crippen LogP contribution in [0.3, 0.4) is 0 Å². The maximum atomic E-state index is 10.1. The number of nitrogens with one attached hydrogen (secondary N) is 3. The van der Waals surface area contributed by atoms with Gasteiger partial charge in [-0.2, -0.15) is 4.98 Å². The SMILES string of the molecule is C=CC(O)Nc1ccccc1Nc1nc(N[C@H]2CCCN(C(O)[C@H](C)O)C2)ncc1Cl. The number of anilines is 4. The number of likely N-dealkylation sites (tertiary alicyclic amines) is 1. The number of hydrogen-bond donors (Lipinski definition) is 6. The molecule has 1 aliphatic rings. The molecule has 0 saturated carbocycles. The van der Waals surface area contributed by atoms with Crippen molar-refractivity contribution >= 4 is 34.7 Å². The van der Waals surface area contributed by atoms with Crippen LogP contribution < -0.4 is 16.0 Å². The lowest BCUT2D eigenvalue weighted by Gasteiger charge is -2.37. The van der Waals surface area contributed by atoms with E-state index in [0.717, 1.165) is 19.4 Å². The highest BCUT2D eigenvalue weighted by Crippen LogP contribution is 2.29. The maximum Gasteiger partial charge on any atom is 0.224 e. The lowest BCUT2D eigenvalue weighted by molar-refractivity contribution is -0.0835. The predicted molar refractivity (Wildman–Crippen MR) is 122 cm³/mol. The van der Waals surface area contributed by atoms with E-state index in [1.165, 1.54) is 12.3 Å². The molecule has 4 atom stereocenters. The summed E-state index contributed by atoms with van der Waals surface area (Å²) in [6.45, 7) is 6.42. The number of hydrogen-bond acceptors (Lipinski definition) is 9. The van der Waals surface area contributed by atoms with Crippen molar-refractivity contribution in [2.24, 2.45) is 0 Å². The second kappa shape index (κ2) is 10.7. The highest BCUT2D eigenvalue weighted by Gasteiger charge is 2.27. The molecule has 1 aliphatic heterocycles. The van der Waals surface area contributed by atoms with Crippen molar-refractivity contribution in [3.8, 4) is 0 Å². The number of aromatic nitrogens is 2. The van der Waals surface area contributed by atoms with Gasteiger partial charge in [0, 0.05) is 19.1 Å². The van der Waals surface area contributed by atoms with Crippen LogP contribution in [-0.4, -0.2) is 67.9 Å². The first-order valence-electron chi connectivity index (χ1n) is 10.2. The quantitative estimate of drug-likeness (QED) is 0.253. The molecule has 0 aliphatic carbocycles. The summed E-state index contributed by atoms with van der Waals surface area (Å²) >= 11 is 6.30. The lowest BCUT2D eigenvalue weighted by atomic mass is 10.0. The Hall–Kier alpha value is -2.43. The average molecular weight is 449 g/mol. The Morgan fingerprint density at radius 1 is 1.26 bits per heavy atom. The molecule has 0 spiro atoms. The number of rotatable bonds is 9. The van der Waals surface area contributed by atoms with Gasteiger partial charge in [-0.3, -0.25) is 4.90 Å². The van der Waals surface area contributed by atoms with Gasteiger partial charge in [-0.1, -0.05) is 30.3 Å². The molecule has 1 saturated heterocycles. The third-order valence-corrected chi connectivity index (χ3v) is 5.32. The Morgan fingerprint density at radius 2 is 2.00 bits per heavy atom. The second-order valence-electron chi connectivity index (χ2n) is 7.52. The Bertz CT molecular complexity index is 884. The fourth-order valence-electron chi connectivity index (χ4n) is 3.44. The number of halogens is 1. The van der Waals surface area contributed by atoms with Gasteiger partial charge in [0.15, 0.2) is 5.82 Å². The van der Waals surface area contributed by atoms with Crippen LogP contribution in [0.2, 0.25) is 5.02 Å². The molecule has 0 bridgehead atoms. The summed E-state index contributed by atoms with van der Waals surface area (Å²) in [7, 11) is 0. The van der Waals surface area contributed by atoms with Crippen LogP contribution in [0.25, 0.3) is 0 Å². The van der Waals surface area contributed by atoms with E-state index >= 15 is 0 Å². The summed E-state index contributed by atoms with van der Waals surface area (Å²) in [5, 5.41) is 39.4. The van der Waals surface area contributed by atoms with Gasteiger partial charge in [0.05, 0.1) is 23.7 Å². The molecule has 3 rings (SSSR count). The molecule has 10 heteroatoms. The van der Waals surface area contributed by atoms with Gasteiger partial charge in [-0.15, -0.1) is 0 Å². The number of para-hydroxylation sites is 2. The number of benzene rings is 1. The number of piperidine rings is 1. The zero-order chi connectivity index (χ0) is 22.4. The first-order valence-corrected chi connectivity index (χ1v) is 10.6. The van der Waals surface area contributed by atoms with Crippen molar-refractivity contribution in [1.29, 1.82) is 0 Å². The highest BCUT2D eigenvalue weighted by molar-refractivity contribution is 6.33. The molecular weight excluding hydrogens is 420 g/mol. The van der Waals surface area contributed by atoms with Gasteiger partial charge in [0.1, 0.15) is 17.5 Å². The molecule has 1 fully saturated rings. The molecule has 168 valence electrons. The zero-order valence-corrected chi connectivity index (χ0v) is 18.1. The van der Waals surface area contributed by atoms with Crippen molar-refractivity contribution in [2.45, 2.75) is 44.4 Å². The van der Waals surface area contributed by atoms with Gasteiger partial charge in [-0.05, 0) is 38.0 Å². The molecule has 2 heterocycles. The molecular formula is C21H29ClN6O3. The van der Waals surface area contributed by atoms with Crippen LogP contribution in [0.15, 0.2) is 43.1 Å². The number of aliphatic hydroxyl groups is 3. The molecule has 0 amide bonds. The van der Waals surface area contributed by atoms with Crippen LogP contribution in [0, 0.1) is 0 Å². The Kier molecular flexibility index (Phi) is 8.05. The standard InChI is InChI=1S/C21H29ClN6O3/c1-3-18(30)25-16-8-4-5-9-17(16)26-19-15(22)11-23-21(27-19)24-14-7-6-10-28(12-14)20(31)13(2)29/h3-5,8-9,11,13-14,18,20,25,29-31H,1,6-7,10,12H2,2H3,(H2,23,24,26,27)/t13-,14-,18?,20?/m0/s1. The highest BCUT2D eigenvalue weighted by atomic mass is 35.5. The zero-order valence-electron chi connectivity index (χ0n) is 17.4. The normalized spacial score (nSPS) is 19.8. The maximum absolute atomic E-state index is 10.1. The van der Waals surface area contributed by atoms with E-state index < -0.39 is 18.6 Å². The van der Waals surface area contributed by atoms with Crippen molar-refractivity contribution in [1.82, 2.24) is 14.9 Å². The summed E-state index contributed by atoms with van der Waals surface area (Å²) in [5.41, 5.74) is 1.34. The summed E-state index contributed by atoms with van der Waals surface area (Å²) in [6, 6.07) is 7.36. The minimum absolute atomic E-state index is 0.0212. The lowest BCUT2D eigenvalue weighted by Crippen LogP contribution is -2.50. The number of nitrogens with zero attached hydrogens (tertiary/aromatic N) is 3. The van der Waals surface area contributed by atoms with Gasteiger partial charge in [-0.25, -0.2) is 4.98 Å². The van der Waals surface area contributed by atoms with Crippen LogP contribution in [0.5, 0.6) is 0 Å². The molecule has 31 heavy (non-hydrogen) atoms. The van der Waals surface area contributed by atoms with Gasteiger partial charge >= 0.3 is 0 Å². The molecule has 1 aromatic heterocycles. The predicted octanol–water partition coefficient (Wildman–Crippen LogP) is 2.37. The van der Waals surface area contributed by atoms with Crippen LogP contribution in [0.1, 0.15) is 19.8 Å². The first-order chi connectivity index (χ1) is 14.9. The molecule has 6 N–H and O–H groups in total. The van der Waals surface area contributed by atoms with Crippen molar-refractivity contribution < 1.29 is 15.3 Å². The minimum atomic E-state index is -0.900. The summed E-state index contributed by atoms with van der Waals surface area (Å²) in [6.07, 6.45) is 2.05. The third-order valence-electron chi connectivity index (χ3n) is 5.04. The first kappa shape index (κ1) is 23.2. The number of aliphatic hydroxyl groups excluding tert-OH is 3. The van der Waals surface area contributed by atoms with E-state index in [4.69, 9.17) is 11.6 Å². The van der Waals surface area contributed by atoms with E-state index in [1.807, 2.05) is 29.2 Å². The smallest absolute Gasteiger partial charge is 0.224 e. The minimum Gasteiger partial charge on any atom is -0.389 e. The average Bonchev–Trinajstić information content (AvgIpc) is 2.76. The van der Waals surface area contributed by atoms with Crippen LogP contribution >= 0.6 is 11.6 Å². The van der Waals surface area contributed by atoms with E-state index in [0.29, 0.717) is 34.7 Å². The van der Waals surface area contributed by atoms with Crippen molar-refractivity contribution in [2.75, 3.05) is 29.0 Å². The van der Waals surface area contributed by atoms with Crippen LogP contribution in [-0.2, 0) is 0 Å². The molecule has 9 nitrogen and oxygen atoms in total. The Morgan fingerprint density at radius 3 is 2.71 bits per heavy atom. The van der Waals surface area contributed by atoms with Crippen LogP contribution in [0.4, 0.5) is 23.1 Å². The topological polar surface area (TPSA) is 126 Å². The van der Waals surface area contributed by atoms with E-state index in [9.17, 15) is 15.3 Å². The van der Waals surface area contributed by atoms with E-state index in [1.54, 1.807) is 6.92 Å². The summed E-state index contributed by atoms with van der Waals surface area (Å²) < 4.78 is 0. The van der Waals surface area contributed by atoms with Gasteiger partial charge in [0.2, 0.25) is 5.95 Å². The summed E-state index contributed by atoms with van der Waals surface area (Å²) in [5.74, 6) is 0.819. The molecule has 0 radical (unpaired) electrons. The molecule has 2 unspecified atom stereocenters. The largest absolute Gasteiger partial charge is 0.389 e. The molecule has 1 aromatic carbocycles. The summed E-state index contributed by atoms with van der Waals surface area (Å²) in [4.78, 5) is 10.6. The fraction of sp³-hybridized carbons (Fsp3) is 0.429. The second-order valence-corrected chi connectivity index (χ2v) is 7.93. The van der Waals surface area contributed by atoms with Gasteiger partial charge in [0.25, 0.3) is 0 Å². The van der Waals surface area contributed by atoms with Crippen molar-refractivity contribution in [3.05, 3.63) is 48.1 Å². The Labute approximate surface area is 186 Å². The van der Waals surface area contributed by atoms with Gasteiger partial charge < -0.3 is 31.3 Å². The van der Waals surface area contributed by atoms with E-state index in [-0.39, 0.29) is 6.04 Å². The third kappa shape index (κ3) is 6.28. The fourth-order valence-corrected chi connectivity index (χ4v) is 3.58. The van der Waals surface area contributed by atoms with Crippen molar-refractivity contribution in [3.63, 3.8) is 0 Å². The monoisotopic (exact) mass is 448 g/mol. The Balaban J connectivity index is 1.72.